The van der Waals surface area contributed by atoms with Gasteiger partial charge in [0.05, 0.1) is 5.69 Å². The Labute approximate surface area is 127 Å². The van der Waals surface area contributed by atoms with Crippen LogP contribution in [0.3, 0.4) is 0 Å². The number of aryl methyl sites for hydroxylation is 2. The Kier molecular flexibility index (Phi) is 2.96. The molecule has 2 aliphatic rings. The van der Waals surface area contributed by atoms with Gasteiger partial charge in [0.2, 0.25) is 0 Å². The predicted octanol–water partition coefficient (Wildman–Crippen LogP) is 3.34. The first kappa shape index (κ1) is 12.8. The highest BCUT2D eigenvalue weighted by atomic mass is 32.1. The lowest BCUT2D eigenvalue weighted by Gasteiger charge is -2.29. The lowest BCUT2D eigenvalue weighted by Crippen LogP contribution is -2.24. The molecule has 0 amide bonds. The maximum Gasteiger partial charge on any atom is 0.312 e. The first-order valence-corrected chi connectivity index (χ1v) is 8.13. The number of nitrogens with zero attached hydrogens (tertiary/aromatic N) is 2. The fourth-order valence-electron chi connectivity index (χ4n) is 3.30. The Morgan fingerprint density at radius 1 is 1.33 bits per heavy atom. The van der Waals surface area contributed by atoms with Crippen LogP contribution in [-0.4, -0.2) is 22.6 Å². The number of carboxylic acid groups (broad SMARTS) is 1. The van der Waals surface area contributed by atoms with Crippen molar-refractivity contribution in [3.63, 3.8) is 0 Å². The predicted molar refractivity (Wildman–Crippen MR) is 82.6 cm³/mol. The highest BCUT2D eigenvalue weighted by Crippen LogP contribution is 2.42. The maximum atomic E-state index is 11.3. The van der Waals surface area contributed by atoms with Crippen LogP contribution in [0.1, 0.15) is 34.9 Å². The van der Waals surface area contributed by atoms with Crippen molar-refractivity contribution in [1.82, 2.24) is 4.98 Å². The SMILES string of the molecule is O=C(O)C1CCc2sc(N3CCCc4ccccc43)nc21. The molecule has 2 aromatic rings. The van der Waals surface area contributed by atoms with Crippen LogP contribution in [0.2, 0.25) is 0 Å². The molecule has 0 saturated carbocycles. The Bertz CT molecular complexity index is 710. The third-order valence-corrected chi connectivity index (χ3v) is 5.50. The second kappa shape index (κ2) is 4.84. The molecule has 1 aromatic carbocycles. The molecule has 0 saturated heterocycles. The second-order valence-corrected chi connectivity index (χ2v) is 6.68. The van der Waals surface area contributed by atoms with E-state index in [1.165, 1.54) is 11.3 Å². The highest BCUT2D eigenvalue weighted by molar-refractivity contribution is 7.15. The quantitative estimate of drug-likeness (QED) is 0.924. The van der Waals surface area contributed by atoms with Crippen LogP contribution in [0, 0.1) is 0 Å². The number of carboxylic acids is 1. The summed E-state index contributed by atoms with van der Waals surface area (Å²) in [5.41, 5.74) is 3.38. The van der Waals surface area contributed by atoms with Crippen LogP contribution in [0.4, 0.5) is 10.8 Å². The molecule has 0 bridgehead atoms. The molecule has 1 aliphatic carbocycles. The zero-order valence-electron chi connectivity index (χ0n) is 11.6. The number of carbonyl (C=O) groups is 1. The minimum Gasteiger partial charge on any atom is -0.481 e. The van der Waals surface area contributed by atoms with Gasteiger partial charge in [-0.3, -0.25) is 4.79 Å². The number of hydrogen-bond donors (Lipinski definition) is 1. The van der Waals surface area contributed by atoms with Crippen molar-refractivity contribution in [3.05, 3.63) is 40.4 Å². The van der Waals surface area contributed by atoms with Crippen molar-refractivity contribution >= 4 is 28.1 Å². The van der Waals surface area contributed by atoms with Gasteiger partial charge in [-0.2, -0.15) is 0 Å². The van der Waals surface area contributed by atoms with E-state index < -0.39 is 11.9 Å². The molecule has 5 heteroatoms. The molecular formula is C16H16N2O2S. The van der Waals surface area contributed by atoms with E-state index in [0.717, 1.165) is 41.5 Å². The van der Waals surface area contributed by atoms with E-state index >= 15 is 0 Å². The Morgan fingerprint density at radius 2 is 2.19 bits per heavy atom. The smallest absolute Gasteiger partial charge is 0.312 e. The van der Waals surface area contributed by atoms with E-state index in [9.17, 15) is 9.90 Å². The van der Waals surface area contributed by atoms with E-state index in [0.29, 0.717) is 6.42 Å². The number of thiazole rings is 1. The first-order valence-electron chi connectivity index (χ1n) is 7.32. The molecule has 2 heterocycles. The molecule has 1 aromatic heterocycles. The van der Waals surface area contributed by atoms with Crippen LogP contribution in [-0.2, 0) is 17.6 Å². The van der Waals surface area contributed by atoms with E-state index in [2.05, 4.69) is 34.1 Å². The second-order valence-electron chi connectivity index (χ2n) is 5.62. The van der Waals surface area contributed by atoms with Crippen molar-refractivity contribution in [2.45, 2.75) is 31.6 Å². The Balaban J connectivity index is 1.73. The molecule has 0 fully saturated rings. The Hall–Kier alpha value is -1.88. The summed E-state index contributed by atoms with van der Waals surface area (Å²) in [7, 11) is 0. The molecule has 4 rings (SSSR count). The molecule has 4 nitrogen and oxygen atoms in total. The number of aliphatic carboxylic acids is 1. The van der Waals surface area contributed by atoms with Gasteiger partial charge in [0.15, 0.2) is 5.13 Å². The van der Waals surface area contributed by atoms with E-state index in [4.69, 9.17) is 0 Å². The van der Waals surface area contributed by atoms with Gasteiger partial charge >= 0.3 is 5.97 Å². The summed E-state index contributed by atoms with van der Waals surface area (Å²) >= 11 is 1.66. The lowest BCUT2D eigenvalue weighted by molar-refractivity contribution is -0.138. The molecule has 1 unspecified atom stereocenters. The van der Waals surface area contributed by atoms with Gasteiger partial charge in [0, 0.05) is 17.1 Å². The fourth-order valence-corrected chi connectivity index (χ4v) is 4.48. The van der Waals surface area contributed by atoms with Crippen molar-refractivity contribution < 1.29 is 9.90 Å². The zero-order chi connectivity index (χ0) is 14.4. The van der Waals surface area contributed by atoms with Crippen molar-refractivity contribution in [3.8, 4) is 0 Å². The van der Waals surface area contributed by atoms with Crippen LogP contribution in [0.5, 0.6) is 0 Å². The van der Waals surface area contributed by atoms with Crippen LogP contribution in [0.15, 0.2) is 24.3 Å². The average molecular weight is 300 g/mol. The third-order valence-electron chi connectivity index (χ3n) is 4.35. The summed E-state index contributed by atoms with van der Waals surface area (Å²) in [6.07, 6.45) is 3.76. The Morgan fingerprint density at radius 3 is 3.05 bits per heavy atom. The van der Waals surface area contributed by atoms with Gasteiger partial charge in [0.25, 0.3) is 0 Å². The molecule has 1 atom stereocenters. The van der Waals surface area contributed by atoms with Gasteiger partial charge in [-0.25, -0.2) is 4.98 Å². The van der Waals surface area contributed by atoms with E-state index in [-0.39, 0.29) is 0 Å². The minimum absolute atomic E-state index is 0.412. The number of rotatable bonds is 2. The standard InChI is InChI=1S/C16H16N2O2S/c19-15(20)11-7-8-13-14(11)17-16(21-13)18-9-3-5-10-4-1-2-6-12(10)18/h1-2,4,6,11H,3,5,7-9H2,(H,19,20). The first-order chi connectivity index (χ1) is 10.2. The average Bonchev–Trinajstić information content (AvgIpc) is 3.06. The van der Waals surface area contributed by atoms with Crippen molar-refractivity contribution in [1.29, 1.82) is 0 Å². The fraction of sp³-hybridized carbons (Fsp3) is 0.375. The normalized spacial score (nSPS) is 20.2. The summed E-state index contributed by atoms with van der Waals surface area (Å²) in [5.74, 6) is -1.16. The maximum absolute atomic E-state index is 11.3. The van der Waals surface area contributed by atoms with Gasteiger partial charge in [-0.1, -0.05) is 18.2 Å². The lowest BCUT2D eigenvalue weighted by atomic mass is 10.0. The number of fused-ring (bicyclic) bond motifs is 2. The third kappa shape index (κ3) is 2.03. The molecule has 21 heavy (non-hydrogen) atoms. The van der Waals surface area contributed by atoms with Crippen LogP contribution in [0.25, 0.3) is 0 Å². The largest absolute Gasteiger partial charge is 0.481 e. The van der Waals surface area contributed by atoms with Gasteiger partial charge < -0.3 is 10.0 Å². The summed E-state index contributed by atoms with van der Waals surface area (Å²) in [5, 5.41) is 10.2. The van der Waals surface area contributed by atoms with Crippen LogP contribution >= 0.6 is 11.3 Å². The molecular weight excluding hydrogens is 284 g/mol. The number of anilines is 2. The molecule has 0 spiro atoms. The molecule has 1 N–H and O–H groups in total. The summed E-state index contributed by atoms with van der Waals surface area (Å²) < 4.78 is 0. The van der Waals surface area contributed by atoms with Crippen LogP contribution < -0.4 is 4.90 Å². The highest BCUT2D eigenvalue weighted by Gasteiger charge is 2.33. The van der Waals surface area contributed by atoms with E-state index in [1.54, 1.807) is 11.3 Å². The van der Waals surface area contributed by atoms with Gasteiger partial charge in [-0.05, 0) is 37.3 Å². The molecule has 0 radical (unpaired) electrons. The summed E-state index contributed by atoms with van der Waals surface area (Å²) in [6.45, 7) is 0.959. The number of hydrogen-bond acceptors (Lipinski definition) is 4. The minimum atomic E-state index is -0.746. The van der Waals surface area contributed by atoms with E-state index in [1.807, 2.05) is 0 Å². The number of para-hydroxylation sites is 1. The number of benzene rings is 1. The topological polar surface area (TPSA) is 53.4 Å². The zero-order valence-corrected chi connectivity index (χ0v) is 12.4. The van der Waals surface area contributed by atoms with Crippen molar-refractivity contribution in [2.75, 3.05) is 11.4 Å². The summed E-state index contributed by atoms with van der Waals surface area (Å²) in [6, 6.07) is 8.43. The van der Waals surface area contributed by atoms with Gasteiger partial charge in [-0.15, -0.1) is 11.3 Å². The number of aromatic nitrogens is 1. The van der Waals surface area contributed by atoms with Crippen molar-refractivity contribution in [2.24, 2.45) is 0 Å². The summed E-state index contributed by atoms with van der Waals surface area (Å²) in [4.78, 5) is 19.4. The monoisotopic (exact) mass is 300 g/mol. The molecule has 108 valence electrons. The van der Waals surface area contributed by atoms with Gasteiger partial charge in [0.1, 0.15) is 5.92 Å². The molecule has 1 aliphatic heterocycles.